The Kier molecular flexibility index (Phi) is 7.70. The van der Waals surface area contributed by atoms with Crippen LogP contribution in [0.4, 0.5) is 0 Å². The Hall–Kier alpha value is -3.23. The van der Waals surface area contributed by atoms with E-state index >= 15 is 0 Å². The van der Waals surface area contributed by atoms with Gasteiger partial charge in [-0.3, -0.25) is 0 Å². The van der Waals surface area contributed by atoms with E-state index in [1.807, 2.05) is 48.5 Å². The quantitative estimate of drug-likeness (QED) is 0.158. The maximum Gasteiger partial charge on any atom is 0.343 e. The molecule has 0 N–H and O–H groups in total. The number of carbonyl (C=O) groups excluding carboxylic acids is 1. The first-order chi connectivity index (χ1) is 17.2. The zero-order valence-electron chi connectivity index (χ0n) is 19.4. The highest BCUT2D eigenvalue weighted by molar-refractivity contribution is 5.91. The van der Waals surface area contributed by atoms with Crippen LogP contribution in [0.3, 0.4) is 0 Å². The number of rotatable bonds is 13. The van der Waals surface area contributed by atoms with Crippen LogP contribution in [0.15, 0.2) is 72.8 Å². The summed E-state index contributed by atoms with van der Waals surface area (Å²) in [7, 11) is 0. The molecule has 7 nitrogen and oxygen atoms in total. The van der Waals surface area contributed by atoms with Gasteiger partial charge in [0.25, 0.3) is 0 Å². The van der Waals surface area contributed by atoms with Crippen molar-refractivity contribution in [1.82, 2.24) is 0 Å². The first-order valence-electron chi connectivity index (χ1n) is 11.8. The minimum atomic E-state index is -0.397. The molecule has 3 aromatic rings. The number of epoxide rings is 2. The molecular weight excluding hydrogens is 448 g/mol. The summed E-state index contributed by atoms with van der Waals surface area (Å²) in [5.41, 5.74) is 3.55. The van der Waals surface area contributed by atoms with Crippen LogP contribution in [0, 0.1) is 0 Å². The molecule has 182 valence electrons. The van der Waals surface area contributed by atoms with Crippen molar-refractivity contribution in [2.24, 2.45) is 0 Å². The second-order valence-corrected chi connectivity index (χ2v) is 8.48. The largest absolute Gasteiger partial charge is 0.491 e. The third-order valence-electron chi connectivity index (χ3n) is 5.62. The lowest BCUT2D eigenvalue weighted by molar-refractivity contribution is 0.0734. The van der Waals surface area contributed by atoms with E-state index in [0.29, 0.717) is 44.3 Å². The average molecular weight is 477 g/mol. The fourth-order valence-electron chi connectivity index (χ4n) is 3.43. The van der Waals surface area contributed by atoms with E-state index in [9.17, 15) is 4.79 Å². The molecular formula is C28H28O7. The Morgan fingerprint density at radius 3 is 1.89 bits per heavy atom. The highest BCUT2D eigenvalue weighted by Gasteiger charge is 2.22. The summed E-state index contributed by atoms with van der Waals surface area (Å²) in [6.07, 6.45) is 0.515. The first kappa shape index (κ1) is 23.5. The Morgan fingerprint density at radius 1 is 0.714 bits per heavy atom. The molecule has 2 aliphatic heterocycles. The lowest BCUT2D eigenvalue weighted by Crippen LogP contribution is -2.10. The lowest BCUT2D eigenvalue weighted by Gasteiger charge is -2.09. The van der Waals surface area contributed by atoms with Crippen molar-refractivity contribution in [3.05, 3.63) is 83.9 Å². The molecule has 2 aliphatic rings. The molecule has 2 unspecified atom stereocenters. The van der Waals surface area contributed by atoms with Gasteiger partial charge in [0.1, 0.15) is 30.3 Å². The van der Waals surface area contributed by atoms with Crippen LogP contribution >= 0.6 is 0 Å². The average Bonchev–Trinajstić information content (AvgIpc) is 3.81. The van der Waals surface area contributed by atoms with Crippen LogP contribution < -0.4 is 9.47 Å². The van der Waals surface area contributed by atoms with Crippen LogP contribution in [0.2, 0.25) is 0 Å². The smallest absolute Gasteiger partial charge is 0.343 e. The highest BCUT2D eigenvalue weighted by atomic mass is 16.6. The number of ether oxygens (including phenoxy) is 6. The Bertz CT molecular complexity index is 1090. The lowest BCUT2D eigenvalue weighted by atomic mass is 10.1. The summed E-state index contributed by atoms with van der Waals surface area (Å²) >= 11 is 0. The topological polar surface area (TPSA) is 79.1 Å². The van der Waals surface area contributed by atoms with Crippen LogP contribution in [0.25, 0.3) is 11.1 Å². The fraction of sp³-hybridized carbons (Fsp3) is 0.321. The van der Waals surface area contributed by atoms with Crippen LogP contribution in [0.5, 0.6) is 11.5 Å². The molecule has 0 spiro atoms. The van der Waals surface area contributed by atoms with E-state index in [2.05, 4.69) is 0 Å². The third-order valence-corrected chi connectivity index (χ3v) is 5.62. The van der Waals surface area contributed by atoms with Gasteiger partial charge in [-0.25, -0.2) is 4.79 Å². The van der Waals surface area contributed by atoms with E-state index in [0.717, 1.165) is 35.7 Å². The van der Waals surface area contributed by atoms with Gasteiger partial charge in [0.05, 0.1) is 45.2 Å². The standard InChI is InChI=1S/C28H28O7/c29-28(23-3-1-20(2-4-23)15-31-17-27-19-34-27)35-25-11-7-22(8-12-25)21-5-9-24(10-6-21)32-14-13-30-16-26-18-33-26/h1-12,26-27H,13-19H2. The van der Waals surface area contributed by atoms with Gasteiger partial charge in [0, 0.05) is 0 Å². The molecule has 3 aromatic carbocycles. The van der Waals surface area contributed by atoms with Gasteiger partial charge in [-0.05, 0) is 53.1 Å². The van der Waals surface area contributed by atoms with Crippen molar-refractivity contribution in [2.45, 2.75) is 18.8 Å². The zero-order chi connectivity index (χ0) is 23.9. The van der Waals surface area contributed by atoms with Gasteiger partial charge >= 0.3 is 5.97 Å². The second-order valence-electron chi connectivity index (χ2n) is 8.48. The molecule has 0 amide bonds. The first-order valence-corrected chi connectivity index (χ1v) is 11.8. The zero-order valence-corrected chi connectivity index (χ0v) is 19.4. The normalized spacial score (nSPS) is 18.2. The predicted molar refractivity (Wildman–Crippen MR) is 129 cm³/mol. The van der Waals surface area contributed by atoms with Crippen molar-refractivity contribution in [3.63, 3.8) is 0 Å². The molecule has 0 aliphatic carbocycles. The summed E-state index contributed by atoms with van der Waals surface area (Å²) in [4.78, 5) is 12.5. The number of hydrogen-bond acceptors (Lipinski definition) is 7. The molecule has 2 fully saturated rings. The summed E-state index contributed by atoms with van der Waals surface area (Å²) in [6.45, 7) is 4.34. The summed E-state index contributed by atoms with van der Waals surface area (Å²) < 4.78 is 32.5. The van der Waals surface area contributed by atoms with Crippen molar-refractivity contribution in [1.29, 1.82) is 0 Å². The van der Waals surface area contributed by atoms with Gasteiger partial charge in [-0.1, -0.05) is 36.4 Å². The SMILES string of the molecule is O=C(Oc1ccc(-c2ccc(OCCOCC3CO3)cc2)cc1)c1ccc(COCC2CO2)cc1. The Labute approximate surface area is 204 Å². The molecule has 2 heterocycles. The molecule has 5 rings (SSSR count). The maximum atomic E-state index is 12.5. The Balaban J connectivity index is 1.07. The van der Waals surface area contributed by atoms with Crippen LogP contribution in [0.1, 0.15) is 15.9 Å². The second kappa shape index (κ2) is 11.5. The van der Waals surface area contributed by atoms with E-state index in [1.165, 1.54) is 0 Å². The van der Waals surface area contributed by atoms with Crippen molar-refractivity contribution in [2.75, 3.05) is 39.6 Å². The fourth-order valence-corrected chi connectivity index (χ4v) is 3.43. The number of benzene rings is 3. The van der Waals surface area contributed by atoms with E-state index in [-0.39, 0.29) is 12.2 Å². The third kappa shape index (κ3) is 7.37. The highest BCUT2D eigenvalue weighted by Crippen LogP contribution is 2.25. The van der Waals surface area contributed by atoms with E-state index < -0.39 is 5.97 Å². The van der Waals surface area contributed by atoms with Gasteiger partial charge in [0.2, 0.25) is 0 Å². The number of hydrogen-bond donors (Lipinski definition) is 0. The van der Waals surface area contributed by atoms with E-state index in [4.69, 9.17) is 28.4 Å². The van der Waals surface area contributed by atoms with Crippen molar-refractivity contribution < 1.29 is 33.2 Å². The number of esters is 1. The molecule has 2 saturated heterocycles. The maximum absolute atomic E-state index is 12.5. The minimum absolute atomic E-state index is 0.243. The molecule has 0 aromatic heterocycles. The minimum Gasteiger partial charge on any atom is -0.491 e. The molecule has 0 saturated carbocycles. The monoisotopic (exact) mass is 476 g/mol. The molecule has 0 bridgehead atoms. The van der Waals surface area contributed by atoms with E-state index in [1.54, 1.807) is 24.3 Å². The molecule has 2 atom stereocenters. The van der Waals surface area contributed by atoms with Gasteiger partial charge in [-0.2, -0.15) is 0 Å². The van der Waals surface area contributed by atoms with Gasteiger partial charge in [0.15, 0.2) is 0 Å². The number of carbonyl (C=O) groups is 1. The summed E-state index contributed by atoms with van der Waals surface area (Å²) in [6, 6.07) is 22.5. The van der Waals surface area contributed by atoms with Gasteiger partial charge in [-0.15, -0.1) is 0 Å². The summed E-state index contributed by atoms with van der Waals surface area (Å²) in [5.74, 6) is 0.888. The van der Waals surface area contributed by atoms with Crippen LogP contribution in [-0.4, -0.2) is 57.8 Å². The molecule has 0 radical (unpaired) electrons. The van der Waals surface area contributed by atoms with Crippen LogP contribution in [-0.2, 0) is 25.6 Å². The summed E-state index contributed by atoms with van der Waals surface area (Å²) in [5, 5.41) is 0. The molecule has 35 heavy (non-hydrogen) atoms. The van der Waals surface area contributed by atoms with Crippen molar-refractivity contribution >= 4 is 5.97 Å². The predicted octanol–water partition coefficient (Wildman–Crippen LogP) is 4.28. The van der Waals surface area contributed by atoms with Gasteiger partial charge < -0.3 is 28.4 Å². The molecule has 7 heteroatoms. The Morgan fingerprint density at radius 2 is 1.29 bits per heavy atom. The van der Waals surface area contributed by atoms with Crippen molar-refractivity contribution in [3.8, 4) is 22.6 Å².